The minimum atomic E-state index is -3.75. The Kier molecular flexibility index (Phi) is 5.22. The number of aryl methyl sites for hydroxylation is 1. The van der Waals surface area contributed by atoms with E-state index in [-0.39, 0.29) is 28.3 Å². The largest absolute Gasteiger partial charge is 0.301 e. The van der Waals surface area contributed by atoms with Crippen molar-refractivity contribution in [2.75, 3.05) is 5.32 Å². The molecular weight excluding hydrogens is 324 g/mol. The number of benzene rings is 1. The smallest absolute Gasteiger partial charge is 0.270 e. The number of aromatic nitrogens is 2. The van der Waals surface area contributed by atoms with Crippen molar-refractivity contribution in [3.8, 4) is 0 Å². The molecule has 2 N–H and O–H groups in total. The zero-order valence-electron chi connectivity index (χ0n) is 12.2. The molecule has 0 aliphatic carbocycles. The normalized spacial score (nSPS) is 11.4. The number of nitrogens with zero attached hydrogens (tertiary/aromatic N) is 2. The molecule has 7 nitrogen and oxygen atoms in total. The lowest BCUT2D eigenvalue weighted by atomic mass is 10.1. The van der Waals surface area contributed by atoms with Gasteiger partial charge in [0.15, 0.2) is 0 Å². The molecule has 2 rings (SSSR count). The van der Waals surface area contributed by atoms with Crippen LogP contribution in [0.5, 0.6) is 0 Å². The Morgan fingerprint density at radius 1 is 1.27 bits per heavy atom. The van der Waals surface area contributed by atoms with Gasteiger partial charge in [0.05, 0.1) is 0 Å². The van der Waals surface area contributed by atoms with Gasteiger partial charge >= 0.3 is 0 Å². The third kappa shape index (κ3) is 4.09. The molecule has 1 heterocycles. The molecule has 22 heavy (non-hydrogen) atoms. The Labute approximate surface area is 132 Å². The van der Waals surface area contributed by atoms with Crippen LogP contribution in [0.15, 0.2) is 28.6 Å². The van der Waals surface area contributed by atoms with Crippen LogP contribution in [-0.2, 0) is 21.4 Å². The van der Waals surface area contributed by atoms with Gasteiger partial charge in [0.25, 0.3) is 10.0 Å². The van der Waals surface area contributed by atoms with Crippen LogP contribution in [0.3, 0.4) is 0 Å². The summed E-state index contributed by atoms with van der Waals surface area (Å²) in [5.41, 5.74) is 1.88. The highest BCUT2D eigenvalue weighted by atomic mass is 32.2. The molecule has 2 aromatic rings. The highest BCUT2D eigenvalue weighted by molar-refractivity contribution is 7.91. The van der Waals surface area contributed by atoms with E-state index in [0.29, 0.717) is 0 Å². The second kappa shape index (κ2) is 6.95. The number of anilines is 1. The molecular formula is C13H16N4O3S2. The lowest BCUT2D eigenvalue weighted by Gasteiger charge is -2.06. The summed E-state index contributed by atoms with van der Waals surface area (Å²) in [7, 11) is -3.75. The van der Waals surface area contributed by atoms with E-state index in [1.54, 1.807) is 6.92 Å². The van der Waals surface area contributed by atoms with Gasteiger partial charge in [0.2, 0.25) is 15.4 Å². The van der Waals surface area contributed by atoms with Crippen molar-refractivity contribution in [3.05, 3.63) is 35.4 Å². The molecule has 0 radical (unpaired) electrons. The van der Waals surface area contributed by atoms with E-state index in [1.165, 1.54) is 0 Å². The zero-order valence-corrected chi connectivity index (χ0v) is 13.8. The van der Waals surface area contributed by atoms with Gasteiger partial charge in [-0.2, -0.15) is 0 Å². The van der Waals surface area contributed by atoms with Gasteiger partial charge < -0.3 is 5.32 Å². The maximum Gasteiger partial charge on any atom is 0.270 e. The van der Waals surface area contributed by atoms with Crippen LogP contribution in [-0.4, -0.2) is 24.5 Å². The first-order chi connectivity index (χ1) is 10.4. The molecule has 0 aliphatic heterocycles. The maximum absolute atomic E-state index is 12.2. The summed E-state index contributed by atoms with van der Waals surface area (Å²) in [6, 6.07) is 7.50. The lowest BCUT2D eigenvalue weighted by molar-refractivity contribution is -0.115. The minimum absolute atomic E-state index is 0.170. The van der Waals surface area contributed by atoms with Crippen LogP contribution in [0.1, 0.15) is 24.5 Å². The van der Waals surface area contributed by atoms with Crippen LogP contribution in [0.2, 0.25) is 0 Å². The van der Waals surface area contributed by atoms with Crippen molar-refractivity contribution in [2.24, 2.45) is 0 Å². The van der Waals surface area contributed by atoms with Gasteiger partial charge in [0.1, 0.15) is 0 Å². The first-order valence-corrected chi connectivity index (χ1v) is 8.90. The summed E-state index contributed by atoms with van der Waals surface area (Å²) in [5.74, 6) is -0.243. The fourth-order valence-electron chi connectivity index (χ4n) is 1.62. The number of carbonyl (C=O) groups excluding carboxylic acids is 1. The summed E-state index contributed by atoms with van der Waals surface area (Å²) >= 11 is 0.818. The van der Waals surface area contributed by atoms with Crippen LogP contribution >= 0.6 is 11.3 Å². The number of carbonyl (C=O) groups is 1. The van der Waals surface area contributed by atoms with E-state index in [2.05, 4.69) is 20.2 Å². The average Bonchev–Trinajstić information content (AvgIpc) is 2.95. The van der Waals surface area contributed by atoms with Gasteiger partial charge in [-0.1, -0.05) is 42.5 Å². The monoisotopic (exact) mass is 340 g/mol. The van der Waals surface area contributed by atoms with E-state index in [1.807, 2.05) is 31.2 Å². The SMILES string of the molecule is CCC(=O)Nc1nnc(S(=O)(=O)NCc2ccccc2C)s1. The molecule has 1 aromatic heterocycles. The van der Waals surface area contributed by atoms with E-state index in [4.69, 9.17) is 0 Å². The van der Waals surface area contributed by atoms with Crippen molar-refractivity contribution in [1.29, 1.82) is 0 Å². The van der Waals surface area contributed by atoms with Crippen LogP contribution in [0, 0.1) is 6.92 Å². The molecule has 0 atom stereocenters. The summed E-state index contributed by atoms with van der Waals surface area (Å²) in [4.78, 5) is 11.3. The number of hydrogen-bond acceptors (Lipinski definition) is 6. The predicted molar refractivity (Wildman–Crippen MR) is 84.0 cm³/mol. The average molecular weight is 340 g/mol. The van der Waals surface area contributed by atoms with Crippen molar-refractivity contribution >= 4 is 32.4 Å². The van der Waals surface area contributed by atoms with Crippen molar-refractivity contribution in [2.45, 2.75) is 31.2 Å². The first-order valence-electron chi connectivity index (χ1n) is 6.60. The second-order valence-corrected chi connectivity index (χ2v) is 7.44. The number of nitrogens with one attached hydrogen (secondary N) is 2. The molecule has 0 fully saturated rings. The van der Waals surface area contributed by atoms with Gasteiger partial charge in [-0.15, -0.1) is 10.2 Å². The highest BCUT2D eigenvalue weighted by Gasteiger charge is 2.20. The van der Waals surface area contributed by atoms with Crippen molar-refractivity contribution in [3.63, 3.8) is 0 Å². The number of rotatable bonds is 6. The van der Waals surface area contributed by atoms with E-state index in [0.717, 1.165) is 22.5 Å². The molecule has 1 amide bonds. The first kappa shape index (κ1) is 16.5. The standard InChI is InChI=1S/C13H16N4O3S2/c1-3-11(18)15-12-16-17-13(21-12)22(19,20)14-8-10-7-5-4-6-9(10)2/h4-7,14H,3,8H2,1-2H3,(H,15,16,18). The fraction of sp³-hybridized carbons (Fsp3) is 0.308. The molecule has 0 aliphatic rings. The van der Waals surface area contributed by atoms with Crippen LogP contribution in [0.25, 0.3) is 0 Å². The summed E-state index contributed by atoms with van der Waals surface area (Å²) < 4.78 is 26.6. The molecule has 0 saturated carbocycles. The van der Waals surface area contributed by atoms with Gasteiger partial charge in [-0.3, -0.25) is 4.79 Å². The van der Waals surface area contributed by atoms with E-state index >= 15 is 0 Å². The minimum Gasteiger partial charge on any atom is -0.301 e. The summed E-state index contributed by atoms with van der Waals surface area (Å²) in [6.07, 6.45) is 0.285. The molecule has 1 aromatic carbocycles. The summed E-state index contributed by atoms with van der Waals surface area (Å²) in [5, 5.41) is 9.92. The lowest BCUT2D eigenvalue weighted by Crippen LogP contribution is -2.23. The van der Waals surface area contributed by atoms with Gasteiger partial charge in [-0.05, 0) is 18.1 Å². The maximum atomic E-state index is 12.2. The Bertz CT molecular complexity index is 771. The Morgan fingerprint density at radius 2 is 2.00 bits per heavy atom. The van der Waals surface area contributed by atoms with Crippen molar-refractivity contribution < 1.29 is 13.2 Å². The Balaban J connectivity index is 2.07. The van der Waals surface area contributed by atoms with Crippen molar-refractivity contribution in [1.82, 2.24) is 14.9 Å². The number of amides is 1. The second-order valence-electron chi connectivity index (χ2n) is 4.53. The number of hydrogen-bond donors (Lipinski definition) is 2. The Hall–Kier alpha value is -1.84. The third-order valence-corrected chi connectivity index (χ3v) is 5.53. The Morgan fingerprint density at radius 3 is 2.68 bits per heavy atom. The molecule has 0 unspecified atom stereocenters. The molecule has 9 heteroatoms. The van der Waals surface area contributed by atoms with Gasteiger partial charge in [-0.25, -0.2) is 13.1 Å². The van der Waals surface area contributed by atoms with Crippen LogP contribution < -0.4 is 10.0 Å². The quantitative estimate of drug-likeness (QED) is 0.779. The molecule has 0 bridgehead atoms. The highest BCUT2D eigenvalue weighted by Crippen LogP contribution is 2.20. The zero-order chi connectivity index (χ0) is 16.2. The summed E-state index contributed by atoms with van der Waals surface area (Å²) in [6.45, 7) is 3.77. The predicted octanol–water partition coefficient (Wildman–Crippen LogP) is 1.67. The topological polar surface area (TPSA) is 101 Å². The molecule has 0 saturated heterocycles. The van der Waals surface area contributed by atoms with Crippen LogP contribution in [0.4, 0.5) is 5.13 Å². The third-order valence-electron chi connectivity index (χ3n) is 2.92. The van der Waals surface area contributed by atoms with Gasteiger partial charge in [0, 0.05) is 13.0 Å². The number of sulfonamides is 1. The van der Waals surface area contributed by atoms with E-state index < -0.39 is 10.0 Å². The molecule has 118 valence electrons. The molecule has 0 spiro atoms. The van der Waals surface area contributed by atoms with E-state index in [9.17, 15) is 13.2 Å². The fourth-order valence-corrected chi connectivity index (χ4v) is 3.58.